The van der Waals surface area contributed by atoms with Crippen LogP contribution in [0.25, 0.3) is 0 Å². The molecule has 0 spiro atoms. The van der Waals surface area contributed by atoms with Crippen molar-refractivity contribution >= 4 is 23.3 Å². The molecule has 0 saturated carbocycles. The maximum Gasteiger partial charge on any atom is 0.221 e. The summed E-state index contributed by atoms with van der Waals surface area (Å²) in [7, 11) is 0. The van der Waals surface area contributed by atoms with Crippen LogP contribution in [0.5, 0.6) is 0 Å². The third kappa shape index (κ3) is 13.9. The van der Waals surface area contributed by atoms with Gasteiger partial charge in [0.05, 0.1) is 18.1 Å². The normalized spacial score (nSPS) is 16.1. The van der Waals surface area contributed by atoms with Gasteiger partial charge < -0.3 is 21.3 Å². The summed E-state index contributed by atoms with van der Waals surface area (Å²) in [5.74, 6) is -0.00878. The van der Waals surface area contributed by atoms with Crippen LogP contribution in [0.2, 0.25) is 0 Å². The van der Waals surface area contributed by atoms with E-state index in [2.05, 4.69) is 35.1 Å². The van der Waals surface area contributed by atoms with Gasteiger partial charge in [-0.05, 0) is 39.5 Å². The largest absolute Gasteiger partial charge is 0.353 e. The zero-order valence-corrected chi connectivity index (χ0v) is 23.8. The summed E-state index contributed by atoms with van der Waals surface area (Å²) < 4.78 is 0. The highest BCUT2D eigenvalue weighted by Gasteiger charge is 2.30. The number of Topliss-reactive ketones (excluding diaryl/α,β-unsaturated/α-hetero) is 3. The summed E-state index contributed by atoms with van der Waals surface area (Å²) in [6.45, 7) is 20.2. The molecule has 0 aliphatic rings. The Balaban J connectivity index is 4.63. The fourth-order valence-electron chi connectivity index (χ4n) is 3.71. The van der Waals surface area contributed by atoms with Crippen LogP contribution in [0, 0.1) is 17.8 Å². The van der Waals surface area contributed by atoms with Gasteiger partial charge in [-0.3, -0.25) is 19.2 Å². The van der Waals surface area contributed by atoms with Gasteiger partial charge in [0.1, 0.15) is 5.78 Å². The van der Waals surface area contributed by atoms with Gasteiger partial charge >= 0.3 is 0 Å². The number of carbonyl (C=O) groups excluding carboxylic acids is 4. The summed E-state index contributed by atoms with van der Waals surface area (Å²) in [6.07, 6.45) is 0.794. The van der Waals surface area contributed by atoms with Gasteiger partial charge in [0.2, 0.25) is 5.91 Å². The number of carbonyl (C=O) groups is 4. The Kier molecular flexibility index (Phi) is 16.1. The van der Waals surface area contributed by atoms with Crippen LogP contribution in [0.3, 0.4) is 0 Å². The van der Waals surface area contributed by atoms with Crippen molar-refractivity contribution in [2.75, 3.05) is 13.1 Å². The van der Waals surface area contributed by atoms with E-state index in [1.807, 2.05) is 41.5 Å². The van der Waals surface area contributed by atoms with E-state index in [1.54, 1.807) is 13.8 Å². The van der Waals surface area contributed by atoms with Crippen LogP contribution in [0.4, 0.5) is 0 Å². The molecule has 0 bridgehead atoms. The lowest BCUT2D eigenvalue weighted by Gasteiger charge is -2.25. The van der Waals surface area contributed by atoms with E-state index in [-0.39, 0.29) is 53.7 Å². The highest BCUT2D eigenvalue weighted by atomic mass is 16.2. The number of amides is 1. The molecule has 204 valence electrons. The first-order valence-electron chi connectivity index (χ1n) is 13.3. The van der Waals surface area contributed by atoms with Crippen molar-refractivity contribution in [3.8, 4) is 0 Å². The first kappa shape index (κ1) is 33.4. The second-order valence-electron chi connectivity index (χ2n) is 10.9. The van der Waals surface area contributed by atoms with Crippen LogP contribution in [0.1, 0.15) is 88.5 Å². The monoisotopic (exact) mass is 496 g/mol. The molecule has 0 saturated heterocycles. The molecule has 8 nitrogen and oxygen atoms in total. The van der Waals surface area contributed by atoms with E-state index < -0.39 is 18.0 Å². The van der Waals surface area contributed by atoms with Gasteiger partial charge in [0.15, 0.2) is 11.6 Å². The fourth-order valence-corrected chi connectivity index (χ4v) is 3.71. The third-order valence-corrected chi connectivity index (χ3v) is 6.58. The van der Waals surface area contributed by atoms with Gasteiger partial charge in [0, 0.05) is 50.4 Å². The van der Waals surface area contributed by atoms with Crippen molar-refractivity contribution in [3.63, 3.8) is 0 Å². The minimum absolute atomic E-state index is 0.0136. The average Bonchev–Trinajstić information content (AvgIpc) is 2.75. The van der Waals surface area contributed by atoms with Crippen molar-refractivity contribution in [1.82, 2.24) is 21.3 Å². The minimum atomic E-state index is -0.443. The van der Waals surface area contributed by atoms with Crippen molar-refractivity contribution in [1.29, 1.82) is 0 Å². The fraction of sp³-hybridized carbons (Fsp3) is 0.852. The Morgan fingerprint density at radius 3 is 1.69 bits per heavy atom. The molecule has 1 amide bonds. The molecular weight excluding hydrogens is 444 g/mol. The van der Waals surface area contributed by atoms with Crippen molar-refractivity contribution in [2.45, 2.75) is 119 Å². The number of ketones is 3. The van der Waals surface area contributed by atoms with Gasteiger partial charge in [-0.2, -0.15) is 0 Å². The van der Waals surface area contributed by atoms with Crippen molar-refractivity contribution in [2.24, 2.45) is 17.8 Å². The Morgan fingerprint density at radius 1 is 0.629 bits per heavy atom. The molecule has 0 aromatic carbocycles. The van der Waals surface area contributed by atoms with Crippen LogP contribution < -0.4 is 21.3 Å². The Bertz CT molecular complexity index is 678. The quantitative estimate of drug-likeness (QED) is 0.217. The van der Waals surface area contributed by atoms with Crippen LogP contribution in [0.15, 0.2) is 0 Å². The number of rotatable bonds is 19. The molecule has 0 heterocycles. The topological polar surface area (TPSA) is 116 Å². The third-order valence-electron chi connectivity index (χ3n) is 6.58. The number of nitrogens with one attached hydrogen (secondary N) is 4. The lowest BCUT2D eigenvalue weighted by Crippen LogP contribution is -2.44. The summed E-state index contributed by atoms with van der Waals surface area (Å²) in [4.78, 5) is 50.2. The molecule has 0 rings (SSSR count). The summed E-state index contributed by atoms with van der Waals surface area (Å²) in [6, 6.07) is -0.756. The minimum Gasteiger partial charge on any atom is -0.353 e. The van der Waals surface area contributed by atoms with Crippen LogP contribution >= 0.6 is 0 Å². The Hall–Kier alpha value is -1.64. The summed E-state index contributed by atoms with van der Waals surface area (Å²) in [5.41, 5.74) is 0. The number of hydrogen-bond acceptors (Lipinski definition) is 7. The molecule has 0 aliphatic heterocycles. The molecule has 0 aromatic rings. The Morgan fingerprint density at radius 2 is 1.17 bits per heavy atom. The number of hydrogen-bond donors (Lipinski definition) is 4. The molecule has 35 heavy (non-hydrogen) atoms. The highest BCUT2D eigenvalue weighted by Crippen LogP contribution is 2.19. The second kappa shape index (κ2) is 16.9. The molecule has 8 heteroatoms. The van der Waals surface area contributed by atoms with Gasteiger partial charge in [-0.25, -0.2) is 0 Å². The maximum atomic E-state index is 13.1. The van der Waals surface area contributed by atoms with Gasteiger partial charge in [-0.1, -0.05) is 41.5 Å². The summed E-state index contributed by atoms with van der Waals surface area (Å²) in [5, 5.41) is 12.4. The summed E-state index contributed by atoms with van der Waals surface area (Å²) >= 11 is 0. The molecule has 0 radical (unpaired) electrons. The zero-order valence-electron chi connectivity index (χ0n) is 23.8. The van der Waals surface area contributed by atoms with Crippen LogP contribution in [-0.2, 0) is 19.2 Å². The molecule has 5 atom stereocenters. The predicted molar refractivity (Wildman–Crippen MR) is 142 cm³/mol. The van der Waals surface area contributed by atoms with Crippen molar-refractivity contribution < 1.29 is 19.2 Å². The molecule has 0 aliphatic carbocycles. The lowest BCUT2D eigenvalue weighted by molar-refractivity contribution is -0.131. The first-order chi connectivity index (χ1) is 16.2. The van der Waals surface area contributed by atoms with E-state index in [1.165, 1.54) is 0 Å². The van der Waals surface area contributed by atoms with E-state index in [4.69, 9.17) is 0 Å². The standard InChI is InChI=1S/C27H52N4O4/c1-16(2)19(7)31-26(34)12-14-29-22(10)27(35)23(17(3)4)15-25(33)20(8)28-13-11-24(32)21(9)30-18(5)6/h16-23,28-30H,11-15H2,1-10H3,(H,31,34). The first-order valence-corrected chi connectivity index (χ1v) is 13.3. The average molecular weight is 497 g/mol. The highest BCUT2D eigenvalue weighted by molar-refractivity contribution is 5.92. The maximum absolute atomic E-state index is 13.1. The SMILES string of the molecule is CC(C)NC(C)C(=O)CCNC(C)C(=O)CC(C(=O)C(C)NCCC(=O)NC(C)C(C)C)C(C)C. The smallest absolute Gasteiger partial charge is 0.221 e. The van der Waals surface area contributed by atoms with Crippen LogP contribution in [-0.4, -0.2) is 66.6 Å². The zero-order chi connectivity index (χ0) is 27.3. The molecule has 0 fully saturated rings. The van der Waals surface area contributed by atoms with E-state index in [0.29, 0.717) is 31.8 Å². The molecular formula is C27H52N4O4. The van der Waals surface area contributed by atoms with E-state index in [0.717, 1.165) is 0 Å². The molecule has 4 N–H and O–H groups in total. The van der Waals surface area contributed by atoms with E-state index >= 15 is 0 Å². The van der Waals surface area contributed by atoms with Crippen molar-refractivity contribution in [3.05, 3.63) is 0 Å². The van der Waals surface area contributed by atoms with Gasteiger partial charge in [0.25, 0.3) is 0 Å². The lowest BCUT2D eigenvalue weighted by atomic mass is 9.83. The second-order valence-corrected chi connectivity index (χ2v) is 10.9. The van der Waals surface area contributed by atoms with Gasteiger partial charge in [-0.15, -0.1) is 0 Å². The Labute approximate surface area is 213 Å². The van der Waals surface area contributed by atoms with E-state index in [9.17, 15) is 19.2 Å². The molecule has 0 aromatic heterocycles. The molecule has 5 unspecified atom stereocenters. The predicted octanol–water partition coefficient (Wildman–Crippen LogP) is 2.64.